The third-order valence-corrected chi connectivity index (χ3v) is 5.72. The summed E-state index contributed by atoms with van der Waals surface area (Å²) in [5.74, 6) is 0.207. The van der Waals surface area contributed by atoms with E-state index in [0.29, 0.717) is 22.6 Å². The molecule has 2 aliphatic rings. The highest BCUT2D eigenvalue weighted by Gasteiger charge is 2.39. The molecule has 0 aliphatic carbocycles. The van der Waals surface area contributed by atoms with Gasteiger partial charge >= 0.3 is 0 Å². The molecule has 0 fully saturated rings. The molecule has 156 valence electrons. The topological polar surface area (TPSA) is 59.1 Å². The number of carbonyl (C=O) groups excluding carboxylic acids is 2. The first-order valence-corrected chi connectivity index (χ1v) is 10.5. The second-order valence-electron chi connectivity index (χ2n) is 7.23. The van der Waals surface area contributed by atoms with E-state index < -0.39 is 0 Å². The summed E-state index contributed by atoms with van der Waals surface area (Å²) in [6.07, 6.45) is 0. The van der Waals surface area contributed by atoms with E-state index in [9.17, 15) is 9.59 Å². The maximum Gasteiger partial charge on any atom is 0.236 e. The first-order chi connectivity index (χ1) is 14.5. The molecular weight excluding hydrogens is 380 g/mol. The number of carbonyl (C=O) groups is 2. The zero-order chi connectivity index (χ0) is 21.4. The SMILES string of the molecule is CCN(CC)c1ccc2c(c1)O/C(=C1\Oc3cc(N(CC)CC)ccc3C1=O)C2=O. The second-order valence-corrected chi connectivity index (χ2v) is 7.23. The van der Waals surface area contributed by atoms with E-state index in [4.69, 9.17) is 9.47 Å². The van der Waals surface area contributed by atoms with Gasteiger partial charge in [-0.3, -0.25) is 9.59 Å². The monoisotopic (exact) mass is 406 g/mol. The minimum Gasteiger partial charge on any atom is -0.448 e. The van der Waals surface area contributed by atoms with Crippen molar-refractivity contribution in [1.29, 1.82) is 0 Å². The number of hydrogen-bond donors (Lipinski definition) is 0. The molecule has 0 spiro atoms. The first kappa shape index (κ1) is 20.0. The first-order valence-electron chi connectivity index (χ1n) is 10.5. The Balaban J connectivity index is 1.68. The van der Waals surface area contributed by atoms with Crippen LogP contribution < -0.4 is 19.3 Å². The number of allylic oxidation sites excluding steroid dienone is 2. The molecule has 2 aliphatic heterocycles. The van der Waals surface area contributed by atoms with Gasteiger partial charge in [0, 0.05) is 49.7 Å². The second kappa shape index (κ2) is 7.86. The van der Waals surface area contributed by atoms with Gasteiger partial charge in [0.2, 0.25) is 23.1 Å². The maximum absolute atomic E-state index is 12.9. The van der Waals surface area contributed by atoms with Crippen molar-refractivity contribution in [3.05, 3.63) is 59.0 Å². The maximum atomic E-state index is 12.9. The summed E-state index contributed by atoms with van der Waals surface area (Å²) >= 11 is 0. The number of ketones is 2. The normalized spacial score (nSPS) is 16.8. The molecule has 30 heavy (non-hydrogen) atoms. The van der Waals surface area contributed by atoms with Crippen LogP contribution in [-0.4, -0.2) is 37.7 Å². The van der Waals surface area contributed by atoms with Crippen LogP contribution in [0.25, 0.3) is 0 Å². The molecule has 0 bridgehead atoms. The van der Waals surface area contributed by atoms with Gasteiger partial charge in [0.25, 0.3) is 0 Å². The highest BCUT2D eigenvalue weighted by molar-refractivity contribution is 6.21. The van der Waals surface area contributed by atoms with E-state index in [1.165, 1.54) is 0 Å². The fraction of sp³-hybridized carbons (Fsp3) is 0.333. The molecule has 4 rings (SSSR count). The molecule has 0 unspecified atom stereocenters. The largest absolute Gasteiger partial charge is 0.448 e. The van der Waals surface area contributed by atoms with Crippen molar-refractivity contribution in [1.82, 2.24) is 0 Å². The van der Waals surface area contributed by atoms with Gasteiger partial charge in [0.15, 0.2) is 0 Å². The fourth-order valence-electron chi connectivity index (χ4n) is 3.99. The third-order valence-electron chi connectivity index (χ3n) is 5.72. The number of benzene rings is 2. The Labute approximate surface area is 176 Å². The van der Waals surface area contributed by atoms with Crippen LogP contribution in [0, 0.1) is 0 Å². The number of ether oxygens (including phenoxy) is 2. The Bertz CT molecular complexity index is 966. The van der Waals surface area contributed by atoms with Crippen LogP contribution in [0.15, 0.2) is 47.9 Å². The predicted octanol–water partition coefficient (Wildman–Crippen LogP) is 4.44. The number of nitrogens with zero attached hydrogens (tertiary/aromatic N) is 2. The fourth-order valence-corrected chi connectivity index (χ4v) is 3.99. The van der Waals surface area contributed by atoms with Gasteiger partial charge in [0.1, 0.15) is 11.5 Å². The van der Waals surface area contributed by atoms with E-state index in [1.54, 1.807) is 12.1 Å². The zero-order valence-electron chi connectivity index (χ0n) is 17.8. The van der Waals surface area contributed by atoms with Crippen molar-refractivity contribution < 1.29 is 19.1 Å². The molecule has 6 nitrogen and oxygen atoms in total. The van der Waals surface area contributed by atoms with Crippen LogP contribution in [0.2, 0.25) is 0 Å². The average molecular weight is 406 g/mol. The lowest BCUT2D eigenvalue weighted by Crippen LogP contribution is -2.21. The van der Waals surface area contributed by atoms with Gasteiger partial charge in [-0.25, -0.2) is 0 Å². The molecule has 0 saturated heterocycles. The summed E-state index contributed by atoms with van der Waals surface area (Å²) in [7, 11) is 0. The van der Waals surface area contributed by atoms with Crippen molar-refractivity contribution in [2.75, 3.05) is 36.0 Å². The van der Waals surface area contributed by atoms with Crippen molar-refractivity contribution in [3.63, 3.8) is 0 Å². The molecule has 0 amide bonds. The third kappa shape index (κ3) is 3.12. The van der Waals surface area contributed by atoms with Gasteiger partial charge in [0.05, 0.1) is 11.1 Å². The highest BCUT2D eigenvalue weighted by atomic mass is 16.5. The zero-order valence-corrected chi connectivity index (χ0v) is 17.8. The predicted molar refractivity (Wildman–Crippen MR) is 117 cm³/mol. The Kier molecular flexibility index (Phi) is 5.24. The molecular formula is C24H26N2O4. The summed E-state index contributed by atoms with van der Waals surface area (Å²) in [6, 6.07) is 11.0. The van der Waals surface area contributed by atoms with E-state index >= 15 is 0 Å². The standard InChI is InChI=1S/C24H26N2O4/c1-5-25(6-2)15-9-11-17-19(13-15)29-23(21(17)27)24-22(28)18-12-10-16(14-20(18)30-24)26(7-3)8-4/h9-14H,5-8H2,1-4H3/b24-23-. The Morgan fingerprint density at radius 3 is 1.33 bits per heavy atom. The molecule has 0 N–H and O–H groups in total. The van der Waals surface area contributed by atoms with Crippen molar-refractivity contribution in [2.24, 2.45) is 0 Å². The molecule has 0 atom stereocenters. The minimum absolute atomic E-state index is 0.0349. The number of anilines is 2. The Morgan fingerprint density at radius 2 is 1.00 bits per heavy atom. The highest BCUT2D eigenvalue weighted by Crippen LogP contribution is 2.40. The van der Waals surface area contributed by atoms with Crippen LogP contribution in [0.5, 0.6) is 11.5 Å². The van der Waals surface area contributed by atoms with Gasteiger partial charge in [-0.15, -0.1) is 0 Å². The number of Topliss-reactive ketones (excluding diaryl/α,β-unsaturated/α-hetero) is 2. The quantitative estimate of drug-likeness (QED) is 0.661. The minimum atomic E-state index is -0.323. The van der Waals surface area contributed by atoms with Gasteiger partial charge in [-0.05, 0) is 52.0 Å². The van der Waals surface area contributed by atoms with Gasteiger partial charge < -0.3 is 19.3 Å². The number of hydrogen-bond acceptors (Lipinski definition) is 6. The average Bonchev–Trinajstić information content (AvgIpc) is 3.26. The van der Waals surface area contributed by atoms with E-state index in [1.807, 2.05) is 24.3 Å². The molecule has 2 aromatic carbocycles. The van der Waals surface area contributed by atoms with Crippen LogP contribution in [-0.2, 0) is 0 Å². The Morgan fingerprint density at radius 1 is 0.633 bits per heavy atom. The smallest absolute Gasteiger partial charge is 0.236 e. The lowest BCUT2D eigenvalue weighted by molar-refractivity contribution is 0.0960. The Hall–Kier alpha value is -3.28. The van der Waals surface area contributed by atoms with E-state index in [-0.39, 0.29) is 23.1 Å². The van der Waals surface area contributed by atoms with Crippen molar-refractivity contribution in [2.45, 2.75) is 27.7 Å². The molecule has 0 radical (unpaired) electrons. The van der Waals surface area contributed by atoms with Gasteiger partial charge in [-0.1, -0.05) is 0 Å². The molecule has 0 aromatic heterocycles. The number of rotatable bonds is 6. The lowest BCUT2D eigenvalue weighted by atomic mass is 10.1. The van der Waals surface area contributed by atoms with Crippen molar-refractivity contribution in [3.8, 4) is 11.5 Å². The summed E-state index contributed by atoms with van der Waals surface area (Å²) in [4.78, 5) is 30.2. The summed E-state index contributed by atoms with van der Waals surface area (Å²) in [5, 5.41) is 0. The molecule has 2 heterocycles. The lowest BCUT2D eigenvalue weighted by Gasteiger charge is -2.21. The summed E-state index contributed by atoms with van der Waals surface area (Å²) in [6.45, 7) is 11.7. The molecule has 2 aromatic rings. The van der Waals surface area contributed by atoms with Gasteiger partial charge in [-0.2, -0.15) is 0 Å². The van der Waals surface area contributed by atoms with Crippen LogP contribution in [0.4, 0.5) is 11.4 Å². The van der Waals surface area contributed by atoms with Crippen molar-refractivity contribution >= 4 is 22.9 Å². The van der Waals surface area contributed by atoms with E-state index in [0.717, 1.165) is 37.6 Å². The van der Waals surface area contributed by atoms with Crippen LogP contribution >= 0.6 is 0 Å². The molecule has 6 heteroatoms. The number of fused-ring (bicyclic) bond motifs is 2. The summed E-state index contributed by atoms with van der Waals surface area (Å²) < 4.78 is 11.7. The van der Waals surface area contributed by atoms with Crippen LogP contribution in [0.3, 0.4) is 0 Å². The molecule has 0 saturated carbocycles. The summed E-state index contributed by atoms with van der Waals surface area (Å²) in [5.41, 5.74) is 2.85. The van der Waals surface area contributed by atoms with E-state index in [2.05, 4.69) is 37.5 Å². The van der Waals surface area contributed by atoms with Crippen LogP contribution in [0.1, 0.15) is 48.4 Å².